The van der Waals surface area contributed by atoms with Crippen LogP contribution in [-0.4, -0.2) is 37.4 Å². The number of fused-ring (bicyclic) bond motifs is 1. The number of rotatable bonds is 8. The highest BCUT2D eigenvalue weighted by molar-refractivity contribution is 5.92. The highest BCUT2D eigenvalue weighted by Gasteiger charge is 2.34. The molecule has 1 aromatic heterocycles. The van der Waals surface area contributed by atoms with Crippen LogP contribution in [-0.2, 0) is 4.74 Å². The van der Waals surface area contributed by atoms with E-state index in [1.165, 1.54) is 17.0 Å². The zero-order valence-electron chi connectivity index (χ0n) is 17.4. The van der Waals surface area contributed by atoms with Crippen molar-refractivity contribution in [1.82, 2.24) is 4.98 Å². The minimum absolute atomic E-state index is 0.0670. The summed E-state index contributed by atoms with van der Waals surface area (Å²) in [4.78, 5) is 17.3. The molecule has 0 unspecified atom stereocenters. The largest absolute Gasteiger partial charge is 0.490 e. The summed E-state index contributed by atoms with van der Waals surface area (Å²) in [6.45, 7) is 0.677. The van der Waals surface area contributed by atoms with Crippen molar-refractivity contribution in [2.75, 3.05) is 25.2 Å². The number of pyridine rings is 1. The molecule has 1 aliphatic rings. The van der Waals surface area contributed by atoms with Crippen molar-refractivity contribution in [2.24, 2.45) is 5.73 Å². The fourth-order valence-corrected chi connectivity index (χ4v) is 3.38. The summed E-state index contributed by atoms with van der Waals surface area (Å²) < 4.78 is 31.2. The zero-order chi connectivity index (χ0) is 22.7. The molecule has 2 amide bonds. The van der Waals surface area contributed by atoms with Crippen molar-refractivity contribution in [2.45, 2.75) is 18.9 Å². The maximum absolute atomic E-state index is 14.8. The van der Waals surface area contributed by atoms with Crippen LogP contribution < -0.4 is 20.1 Å². The lowest BCUT2D eigenvalue weighted by Crippen LogP contribution is -2.38. The van der Waals surface area contributed by atoms with Crippen LogP contribution in [0.15, 0.2) is 42.6 Å². The molecule has 0 bridgehead atoms. The van der Waals surface area contributed by atoms with Gasteiger partial charge in [-0.3, -0.25) is 9.88 Å². The number of benzene rings is 2. The number of hydrogen-bond donors (Lipinski definition) is 1. The van der Waals surface area contributed by atoms with Gasteiger partial charge in [-0.25, -0.2) is 9.18 Å². The highest BCUT2D eigenvalue weighted by Crippen LogP contribution is 2.37. The number of halogens is 1. The molecular weight excluding hydrogens is 415 g/mol. The quantitative estimate of drug-likeness (QED) is 0.532. The van der Waals surface area contributed by atoms with E-state index in [9.17, 15) is 14.4 Å². The first kappa shape index (κ1) is 21.3. The molecule has 32 heavy (non-hydrogen) atoms. The number of nitrogens with zero attached hydrogens (tertiary/aromatic N) is 3. The Bertz CT molecular complexity index is 1210. The predicted molar refractivity (Wildman–Crippen MR) is 115 cm³/mol. The number of primary amides is 1. The Hall–Kier alpha value is -3.90. The lowest BCUT2D eigenvalue weighted by molar-refractivity contribution is 0.146. The van der Waals surface area contributed by atoms with Crippen LogP contribution in [0.2, 0.25) is 0 Å². The number of anilines is 1. The van der Waals surface area contributed by atoms with Gasteiger partial charge in [0.2, 0.25) is 0 Å². The van der Waals surface area contributed by atoms with Crippen LogP contribution in [0.3, 0.4) is 0 Å². The monoisotopic (exact) mass is 436 g/mol. The Labute approximate surface area is 183 Å². The molecule has 0 spiro atoms. The summed E-state index contributed by atoms with van der Waals surface area (Å²) >= 11 is 0. The van der Waals surface area contributed by atoms with Crippen molar-refractivity contribution in [3.63, 3.8) is 0 Å². The topological polar surface area (TPSA) is 111 Å². The molecule has 2 aromatic carbocycles. The second-order valence-corrected chi connectivity index (χ2v) is 7.28. The third kappa shape index (κ3) is 4.40. The van der Waals surface area contributed by atoms with E-state index in [1.54, 1.807) is 37.6 Å². The molecule has 9 heteroatoms. The Morgan fingerprint density at radius 2 is 2.06 bits per heavy atom. The molecule has 4 rings (SSSR count). The van der Waals surface area contributed by atoms with Crippen molar-refractivity contribution in [1.29, 1.82) is 5.26 Å². The molecule has 0 atom stereocenters. The summed E-state index contributed by atoms with van der Waals surface area (Å²) in [5, 5.41) is 10.1. The van der Waals surface area contributed by atoms with Crippen LogP contribution in [0.5, 0.6) is 17.2 Å². The molecule has 0 radical (unpaired) electrons. The Morgan fingerprint density at radius 3 is 2.72 bits per heavy atom. The minimum atomic E-state index is -0.687. The number of aromatic nitrogens is 1. The summed E-state index contributed by atoms with van der Waals surface area (Å²) in [5.41, 5.74) is 6.41. The highest BCUT2D eigenvalue weighted by atomic mass is 19.1. The van der Waals surface area contributed by atoms with Crippen molar-refractivity contribution in [3.05, 3.63) is 54.0 Å². The van der Waals surface area contributed by atoms with Crippen LogP contribution in [0.25, 0.3) is 10.9 Å². The Balaban J connectivity index is 1.63. The predicted octanol–water partition coefficient (Wildman–Crippen LogP) is 4.11. The van der Waals surface area contributed by atoms with E-state index in [4.69, 9.17) is 19.9 Å². The number of nitrogens with two attached hydrogens (primary N) is 1. The van der Waals surface area contributed by atoms with Crippen molar-refractivity contribution >= 4 is 22.6 Å². The molecule has 0 saturated heterocycles. The lowest BCUT2D eigenvalue weighted by atomic mass is 10.1. The van der Waals surface area contributed by atoms with Crippen LogP contribution >= 0.6 is 0 Å². The molecule has 3 aromatic rings. The van der Waals surface area contributed by atoms with Gasteiger partial charge in [0.25, 0.3) is 0 Å². The molecule has 164 valence electrons. The molecular formula is C23H21FN4O4. The summed E-state index contributed by atoms with van der Waals surface area (Å²) in [5.74, 6) is 0.413. The van der Waals surface area contributed by atoms with Gasteiger partial charge in [0.05, 0.1) is 23.4 Å². The van der Waals surface area contributed by atoms with Crippen LogP contribution in [0.4, 0.5) is 14.9 Å². The first-order valence-corrected chi connectivity index (χ1v) is 10.0. The Morgan fingerprint density at radius 1 is 1.25 bits per heavy atom. The SMILES string of the molecule is COCCOc1cc2nccc(Oc3ccc(N(C(N)=O)C4CC4)c(F)c3)c2cc1C#N. The lowest BCUT2D eigenvalue weighted by Gasteiger charge is -2.21. The van der Waals surface area contributed by atoms with Gasteiger partial charge in [-0.05, 0) is 37.1 Å². The van der Waals surface area contributed by atoms with Gasteiger partial charge < -0.3 is 19.9 Å². The third-order valence-electron chi connectivity index (χ3n) is 5.02. The maximum Gasteiger partial charge on any atom is 0.319 e. The third-order valence-corrected chi connectivity index (χ3v) is 5.02. The Kier molecular flexibility index (Phi) is 6.05. The number of methoxy groups -OCH3 is 1. The standard InChI is InChI=1S/C23H21FN4O4/c1-30-8-9-31-22-12-19-17(10-14(22)13-25)21(6-7-27-19)32-16-4-5-20(18(24)11-16)28(23(26)29)15-2-3-15/h4-7,10-12,15H,2-3,8-9H2,1H3,(H2,26,29). The van der Waals surface area contributed by atoms with E-state index in [2.05, 4.69) is 11.1 Å². The second kappa shape index (κ2) is 9.08. The molecule has 2 N–H and O–H groups in total. The van der Waals surface area contributed by atoms with Gasteiger partial charge in [0.15, 0.2) is 5.82 Å². The molecule has 8 nitrogen and oxygen atoms in total. The number of urea groups is 1. The fourth-order valence-electron chi connectivity index (χ4n) is 3.38. The maximum atomic E-state index is 14.8. The van der Waals surface area contributed by atoms with Crippen molar-refractivity contribution in [3.8, 4) is 23.3 Å². The van der Waals surface area contributed by atoms with Crippen molar-refractivity contribution < 1.29 is 23.4 Å². The number of carbonyl (C=O) groups excluding carboxylic acids is 1. The summed E-state index contributed by atoms with van der Waals surface area (Å²) in [7, 11) is 1.56. The average Bonchev–Trinajstić information content (AvgIpc) is 3.60. The number of hydrogen-bond acceptors (Lipinski definition) is 6. The van der Waals surface area contributed by atoms with Gasteiger partial charge >= 0.3 is 6.03 Å². The van der Waals surface area contributed by atoms with Gasteiger partial charge in [-0.2, -0.15) is 5.26 Å². The van der Waals surface area contributed by atoms with E-state index in [0.29, 0.717) is 41.2 Å². The van der Waals surface area contributed by atoms with Gasteiger partial charge in [0, 0.05) is 36.9 Å². The fraction of sp³-hybridized carbons (Fsp3) is 0.261. The molecule has 1 saturated carbocycles. The van der Waals surface area contributed by atoms with Crippen LogP contribution in [0.1, 0.15) is 18.4 Å². The first-order valence-electron chi connectivity index (χ1n) is 10.0. The van der Waals surface area contributed by atoms with Gasteiger partial charge in [0.1, 0.15) is 29.9 Å². The van der Waals surface area contributed by atoms with Crippen LogP contribution in [0, 0.1) is 17.1 Å². The summed E-state index contributed by atoms with van der Waals surface area (Å²) in [6, 6.07) is 10.5. The number of ether oxygens (including phenoxy) is 3. The average molecular weight is 436 g/mol. The number of nitriles is 1. The first-order chi connectivity index (χ1) is 15.5. The molecule has 0 aliphatic heterocycles. The summed E-state index contributed by atoms with van der Waals surface area (Å²) in [6.07, 6.45) is 3.14. The number of carbonyl (C=O) groups is 1. The van der Waals surface area contributed by atoms with Gasteiger partial charge in [-0.1, -0.05) is 0 Å². The molecule has 1 aliphatic carbocycles. The minimum Gasteiger partial charge on any atom is -0.490 e. The molecule has 1 fully saturated rings. The smallest absolute Gasteiger partial charge is 0.319 e. The number of amides is 2. The second-order valence-electron chi connectivity index (χ2n) is 7.28. The van der Waals surface area contributed by atoms with Gasteiger partial charge in [-0.15, -0.1) is 0 Å². The van der Waals surface area contributed by atoms with E-state index in [-0.39, 0.29) is 17.5 Å². The normalized spacial score (nSPS) is 12.9. The van der Waals surface area contributed by atoms with E-state index >= 15 is 0 Å². The zero-order valence-corrected chi connectivity index (χ0v) is 17.4. The van der Waals surface area contributed by atoms with E-state index in [1.807, 2.05) is 0 Å². The van der Waals surface area contributed by atoms with E-state index in [0.717, 1.165) is 12.8 Å². The van der Waals surface area contributed by atoms with E-state index < -0.39 is 11.8 Å². The molecule has 1 heterocycles.